The van der Waals surface area contributed by atoms with Crippen molar-refractivity contribution < 1.29 is 9.53 Å². The summed E-state index contributed by atoms with van der Waals surface area (Å²) in [6, 6.07) is 0.262. The molecular weight excluding hydrogens is 254 g/mol. The molecule has 1 heterocycles. The highest BCUT2D eigenvalue weighted by atomic mass is 16.6. The van der Waals surface area contributed by atoms with Gasteiger partial charge in [0.05, 0.1) is 0 Å². The number of alkyl carbamates (subject to hydrolysis) is 1. The molecule has 5 heteroatoms. The highest BCUT2D eigenvalue weighted by Crippen LogP contribution is 2.13. The van der Waals surface area contributed by atoms with Crippen LogP contribution in [0.1, 0.15) is 46.5 Å². The standard InChI is InChI=1S/C15H31N3O2/c1-15(2,3)20-14(19)17-13-7-11-18(12-8-13)10-6-5-9-16-4/h13,16H,5-12H2,1-4H3,(H,17,19). The summed E-state index contributed by atoms with van der Waals surface area (Å²) in [6.45, 7) is 10.1. The molecule has 5 nitrogen and oxygen atoms in total. The third-order valence-electron chi connectivity index (χ3n) is 3.46. The number of hydrogen-bond acceptors (Lipinski definition) is 4. The Morgan fingerprint density at radius 1 is 1.25 bits per heavy atom. The number of nitrogens with zero attached hydrogens (tertiary/aromatic N) is 1. The fraction of sp³-hybridized carbons (Fsp3) is 0.933. The minimum Gasteiger partial charge on any atom is -0.444 e. The van der Waals surface area contributed by atoms with Gasteiger partial charge in [-0.05, 0) is 66.6 Å². The second-order valence-electron chi connectivity index (χ2n) is 6.57. The zero-order chi connectivity index (χ0) is 15.0. The van der Waals surface area contributed by atoms with Gasteiger partial charge in [0.2, 0.25) is 0 Å². The third-order valence-corrected chi connectivity index (χ3v) is 3.46. The van der Waals surface area contributed by atoms with Crippen LogP contribution in [-0.4, -0.2) is 55.9 Å². The first-order valence-electron chi connectivity index (χ1n) is 7.77. The van der Waals surface area contributed by atoms with Crippen molar-refractivity contribution >= 4 is 6.09 Å². The molecule has 0 spiro atoms. The molecule has 2 N–H and O–H groups in total. The van der Waals surface area contributed by atoms with Crippen molar-refractivity contribution in [2.45, 2.75) is 58.1 Å². The van der Waals surface area contributed by atoms with Gasteiger partial charge in [-0.1, -0.05) is 0 Å². The second-order valence-corrected chi connectivity index (χ2v) is 6.57. The Labute approximate surface area is 123 Å². The number of rotatable bonds is 6. The van der Waals surface area contributed by atoms with Crippen molar-refractivity contribution in [3.05, 3.63) is 0 Å². The number of unbranched alkanes of at least 4 members (excludes halogenated alkanes) is 1. The molecule has 1 aliphatic rings. The van der Waals surface area contributed by atoms with Gasteiger partial charge in [-0.3, -0.25) is 0 Å². The van der Waals surface area contributed by atoms with E-state index in [1.807, 2.05) is 27.8 Å². The third kappa shape index (κ3) is 7.70. The number of amides is 1. The van der Waals surface area contributed by atoms with Crippen LogP contribution in [-0.2, 0) is 4.74 Å². The van der Waals surface area contributed by atoms with E-state index in [9.17, 15) is 4.79 Å². The van der Waals surface area contributed by atoms with Crippen LogP contribution in [0.4, 0.5) is 4.79 Å². The van der Waals surface area contributed by atoms with Crippen molar-refractivity contribution in [3.8, 4) is 0 Å². The van der Waals surface area contributed by atoms with E-state index in [1.54, 1.807) is 0 Å². The molecule has 0 radical (unpaired) electrons. The van der Waals surface area contributed by atoms with Crippen LogP contribution < -0.4 is 10.6 Å². The maximum atomic E-state index is 11.7. The molecule has 1 aliphatic heterocycles. The number of piperidine rings is 1. The summed E-state index contributed by atoms with van der Waals surface area (Å²) >= 11 is 0. The van der Waals surface area contributed by atoms with Crippen LogP contribution >= 0.6 is 0 Å². The smallest absolute Gasteiger partial charge is 0.407 e. The summed E-state index contributed by atoms with van der Waals surface area (Å²) in [5, 5.41) is 6.15. The van der Waals surface area contributed by atoms with Gasteiger partial charge in [0, 0.05) is 19.1 Å². The predicted molar refractivity (Wildman–Crippen MR) is 82.0 cm³/mol. The lowest BCUT2D eigenvalue weighted by Gasteiger charge is -2.32. The van der Waals surface area contributed by atoms with E-state index in [4.69, 9.17) is 4.74 Å². The Bertz CT molecular complexity index is 281. The van der Waals surface area contributed by atoms with Crippen molar-refractivity contribution in [2.24, 2.45) is 0 Å². The van der Waals surface area contributed by atoms with Gasteiger partial charge < -0.3 is 20.3 Å². The molecule has 1 rings (SSSR count). The summed E-state index contributed by atoms with van der Waals surface area (Å²) in [7, 11) is 1.99. The average Bonchev–Trinajstić information content (AvgIpc) is 2.34. The zero-order valence-corrected chi connectivity index (χ0v) is 13.5. The normalized spacial score (nSPS) is 18.0. The Kier molecular flexibility index (Phi) is 7.30. The number of ether oxygens (including phenoxy) is 1. The lowest BCUT2D eigenvalue weighted by atomic mass is 10.0. The van der Waals surface area contributed by atoms with E-state index < -0.39 is 5.60 Å². The number of carbonyl (C=O) groups is 1. The first kappa shape index (κ1) is 17.2. The van der Waals surface area contributed by atoms with Gasteiger partial charge in [0.15, 0.2) is 0 Å². The van der Waals surface area contributed by atoms with Crippen molar-refractivity contribution in [1.29, 1.82) is 0 Å². The highest BCUT2D eigenvalue weighted by Gasteiger charge is 2.23. The minimum atomic E-state index is -0.419. The molecule has 118 valence electrons. The number of hydrogen-bond donors (Lipinski definition) is 2. The Hall–Kier alpha value is -0.810. The molecule has 0 unspecified atom stereocenters. The number of likely N-dealkylation sites (tertiary alicyclic amines) is 1. The van der Waals surface area contributed by atoms with Crippen LogP contribution in [0.2, 0.25) is 0 Å². The van der Waals surface area contributed by atoms with E-state index >= 15 is 0 Å². The van der Waals surface area contributed by atoms with Crippen molar-refractivity contribution in [2.75, 3.05) is 33.2 Å². The molecule has 1 amide bonds. The average molecular weight is 285 g/mol. The molecule has 0 saturated carbocycles. The summed E-state index contributed by atoms with van der Waals surface area (Å²) < 4.78 is 5.29. The predicted octanol–water partition coefficient (Wildman–Crippen LogP) is 1.98. The summed E-state index contributed by atoms with van der Waals surface area (Å²) in [4.78, 5) is 14.2. The summed E-state index contributed by atoms with van der Waals surface area (Å²) in [6.07, 6.45) is 4.22. The Balaban J connectivity index is 2.14. The summed E-state index contributed by atoms with van der Waals surface area (Å²) in [5.41, 5.74) is -0.419. The molecule has 1 saturated heterocycles. The molecule has 0 bridgehead atoms. The van der Waals surface area contributed by atoms with Gasteiger partial charge >= 0.3 is 6.09 Å². The van der Waals surface area contributed by atoms with Crippen LogP contribution in [0.25, 0.3) is 0 Å². The van der Waals surface area contributed by atoms with Gasteiger partial charge in [-0.25, -0.2) is 4.79 Å². The topological polar surface area (TPSA) is 53.6 Å². The quantitative estimate of drug-likeness (QED) is 0.733. The molecule has 20 heavy (non-hydrogen) atoms. The molecular formula is C15H31N3O2. The molecule has 1 fully saturated rings. The lowest BCUT2D eigenvalue weighted by molar-refractivity contribution is 0.0479. The first-order valence-corrected chi connectivity index (χ1v) is 7.77. The van der Waals surface area contributed by atoms with E-state index in [1.165, 1.54) is 19.4 Å². The van der Waals surface area contributed by atoms with Crippen molar-refractivity contribution in [3.63, 3.8) is 0 Å². The number of carbonyl (C=O) groups excluding carboxylic acids is 1. The van der Waals surface area contributed by atoms with E-state index in [0.29, 0.717) is 0 Å². The lowest BCUT2D eigenvalue weighted by Crippen LogP contribution is -2.46. The van der Waals surface area contributed by atoms with E-state index in [0.717, 1.165) is 32.5 Å². The molecule has 0 aromatic carbocycles. The van der Waals surface area contributed by atoms with E-state index in [-0.39, 0.29) is 12.1 Å². The van der Waals surface area contributed by atoms with Gasteiger partial charge in [-0.15, -0.1) is 0 Å². The van der Waals surface area contributed by atoms with Crippen LogP contribution in [0, 0.1) is 0 Å². The molecule has 0 atom stereocenters. The Morgan fingerprint density at radius 2 is 1.90 bits per heavy atom. The second kappa shape index (κ2) is 8.47. The molecule has 0 aromatic heterocycles. The fourth-order valence-corrected chi connectivity index (χ4v) is 2.41. The largest absolute Gasteiger partial charge is 0.444 e. The first-order chi connectivity index (χ1) is 9.40. The number of nitrogens with one attached hydrogen (secondary N) is 2. The van der Waals surface area contributed by atoms with Crippen LogP contribution in [0.3, 0.4) is 0 Å². The summed E-state index contributed by atoms with van der Waals surface area (Å²) in [5.74, 6) is 0. The minimum absolute atomic E-state index is 0.262. The van der Waals surface area contributed by atoms with Crippen molar-refractivity contribution in [1.82, 2.24) is 15.5 Å². The fourth-order valence-electron chi connectivity index (χ4n) is 2.41. The highest BCUT2D eigenvalue weighted by molar-refractivity contribution is 5.68. The van der Waals surface area contributed by atoms with Gasteiger partial charge in [0.25, 0.3) is 0 Å². The Morgan fingerprint density at radius 3 is 2.45 bits per heavy atom. The van der Waals surface area contributed by atoms with Gasteiger partial charge in [-0.2, -0.15) is 0 Å². The van der Waals surface area contributed by atoms with Crippen LogP contribution in [0.15, 0.2) is 0 Å². The maximum absolute atomic E-state index is 11.7. The SMILES string of the molecule is CNCCCCN1CCC(NC(=O)OC(C)(C)C)CC1. The zero-order valence-electron chi connectivity index (χ0n) is 13.5. The van der Waals surface area contributed by atoms with E-state index in [2.05, 4.69) is 15.5 Å². The molecule has 0 aliphatic carbocycles. The monoisotopic (exact) mass is 285 g/mol. The van der Waals surface area contributed by atoms with Crippen LogP contribution in [0.5, 0.6) is 0 Å². The molecule has 0 aromatic rings. The maximum Gasteiger partial charge on any atom is 0.407 e. The van der Waals surface area contributed by atoms with Gasteiger partial charge in [0.1, 0.15) is 5.60 Å².